The quantitative estimate of drug-likeness (QED) is 0.871. The monoisotopic (exact) mass is 254 g/mol. The van der Waals surface area contributed by atoms with Crippen LogP contribution in [0.25, 0.3) is 0 Å². The Labute approximate surface area is 107 Å². The Bertz CT molecular complexity index is 383. The second-order valence-electron chi connectivity index (χ2n) is 4.94. The number of halogens is 1. The van der Waals surface area contributed by atoms with Gasteiger partial charge in [0.2, 0.25) is 5.95 Å². The summed E-state index contributed by atoms with van der Waals surface area (Å²) in [5, 5.41) is 3.81. The molecule has 0 bridgehead atoms. The van der Waals surface area contributed by atoms with Crippen molar-refractivity contribution in [2.24, 2.45) is 11.8 Å². The number of nitrogens with zero attached hydrogens (tertiary/aromatic N) is 2. The van der Waals surface area contributed by atoms with Gasteiger partial charge in [-0.3, -0.25) is 0 Å². The Morgan fingerprint density at radius 1 is 1.53 bits per heavy atom. The van der Waals surface area contributed by atoms with E-state index in [1.165, 1.54) is 31.9 Å². The summed E-state index contributed by atoms with van der Waals surface area (Å²) < 4.78 is 0. The van der Waals surface area contributed by atoms with Crippen molar-refractivity contribution in [3.05, 3.63) is 11.2 Å². The Balaban J connectivity index is 1.90. The fourth-order valence-electron chi connectivity index (χ4n) is 2.49. The van der Waals surface area contributed by atoms with Crippen LogP contribution in [0.1, 0.15) is 32.6 Å². The minimum absolute atomic E-state index is 0.258. The molecule has 0 radical (unpaired) electrons. The number of hydrogen-bond donors (Lipinski definition) is 2. The van der Waals surface area contributed by atoms with E-state index in [2.05, 4.69) is 22.2 Å². The maximum atomic E-state index is 6.00. The molecule has 0 aliphatic heterocycles. The standard InChI is InChI=1S/C12H19ClN4/c1-8-3-2-4-9(5-8)6-15-11-10(13)7-16-12(14)17-11/h7-9H,2-6H2,1H3,(H3,14,15,16,17). The van der Waals surface area contributed by atoms with E-state index in [0.717, 1.165) is 12.5 Å². The van der Waals surface area contributed by atoms with Gasteiger partial charge in [0.05, 0.1) is 6.20 Å². The number of aromatic nitrogens is 2. The van der Waals surface area contributed by atoms with Gasteiger partial charge in [0.15, 0.2) is 0 Å². The molecule has 5 heteroatoms. The van der Waals surface area contributed by atoms with Gasteiger partial charge in [-0.05, 0) is 24.7 Å². The molecule has 0 spiro atoms. The highest BCUT2D eigenvalue weighted by molar-refractivity contribution is 6.32. The van der Waals surface area contributed by atoms with E-state index >= 15 is 0 Å². The number of nitrogen functional groups attached to an aromatic ring is 1. The number of anilines is 2. The summed E-state index contributed by atoms with van der Waals surface area (Å²) in [7, 11) is 0. The Hall–Kier alpha value is -1.03. The number of hydrogen-bond acceptors (Lipinski definition) is 4. The SMILES string of the molecule is CC1CCCC(CNc2nc(N)ncc2Cl)C1. The van der Waals surface area contributed by atoms with E-state index < -0.39 is 0 Å². The van der Waals surface area contributed by atoms with Gasteiger partial charge in [0.25, 0.3) is 0 Å². The van der Waals surface area contributed by atoms with Crippen molar-refractivity contribution in [2.45, 2.75) is 32.6 Å². The van der Waals surface area contributed by atoms with Crippen molar-refractivity contribution in [1.29, 1.82) is 0 Å². The van der Waals surface area contributed by atoms with Gasteiger partial charge in [0, 0.05) is 6.54 Å². The van der Waals surface area contributed by atoms with Crippen LogP contribution >= 0.6 is 11.6 Å². The van der Waals surface area contributed by atoms with Crippen LogP contribution in [0, 0.1) is 11.8 Å². The number of rotatable bonds is 3. The lowest BCUT2D eigenvalue weighted by molar-refractivity contribution is 0.293. The third-order valence-electron chi connectivity index (χ3n) is 3.37. The molecule has 1 aromatic rings. The van der Waals surface area contributed by atoms with E-state index in [9.17, 15) is 0 Å². The van der Waals surface area contributed by atoms with Crippen molar-refractivity contribution in [2.75, 3.05) is 17.6 Å². The maximum absolute atomic E-state index is 6.00. The van der Waals surface area contributed by atoms with E-state index in [1.54, 1.807) is 0 Å². The summed E-state index contributed by atoms with van der Waals surface area (Å²) in [6, 6.07) is 0. The van der Waals surface area contributed by atoms with Crippen LogP contribution in [0.3, 0.4) is 0 Å². The average Bonchev–Trinajstić information content (AvgIpc) is 2.30. The molecule has 1 heterocycles. The topological polar surface area (TPSA) is 63.8 Å². The van der Waals surface area contributed by atoms with Gasteiger partial charge in [-0.1, -0.05) is 31.4 Å². The molecule has 17 heavy (non-hydrogen) atoms. The molecule has 2 atom stereocenters. The summed E-state index contributed by atoms with van der Waals surface area (Å²) >= 11 is 6.00. The van der Waals surface area contributed by atoms with Gasteiger partial charge < -0.3 is 11.1 Å². The molecule has 2 rings (SSSR count). The highest BCUT2D eigenvalue weighted by Gasteiger charge is 2.19. The van der Waals surface area contributed by atoms with Crippen LogP contribution < -0.4 is 11.1 Å². The van der Waals surface area contributed by atoms with Crippen molar-refractivity contribution in [3.63, 3.8) is 0 Å². The van der Waals surface area contributed by atoms with Gasteiger partial charge in [-0.25, -0.2) is 4.98 Å². The molecule has 3 N–H and O–H groups in total. The molecular formula is C12H19ClN4. The van der Waals surface area contributed by atoms with Crippen LogP contribution in [0.2, 0.25) is 5.02 Å². The summed E-state index contributed by atoms with van der Waals surface area (Å²) in [6.07, 6.45) is 6.79. The van der Waals surface area contributed by atoms with Crippen molar-refractivity contribution < 1.29 is 0 Å². The molecule has 0 aromatic carbocycles. The normalized spacial score (nSPS) is 24.6. The lowest BCUT2D eigenvalue weighted by atomic mass is 9.82. The van der Waals surface area contributed by atoms with Crippen LogP contribution in [0.5, 0.6) is 0 Å². The molecule has 94 valence electrons. The lowest BCUT2D eigenvalue weighted by Gasteiger charge is -2.27. The van der Waals surface area contributed by atoms with Crippen LogP contribution in [-0.4, -0.2) is 16.5 Å². The fourth-order valence-corrected chi connectivity index (χ4v) is 2.65. The second-order valence-corrected chi connectivity index (χ2v) is 5.35. The maximum Gasteiger partial charge on any atom is 0.222 e. The number of nitrogens with two attached hydrogens (primary N) is 1. The minimum Gasteiger partial charge on any atom is -0.368 e. The van der Waals surface area contributed by atoms with E-state index in [0.29, 0.717) is 16.8 Å². The zero-order chi connectivity index (χ0) is 12.3. The molecule has 4 nitrogen and oxygen atoms in total. The average molecular weight is 255 g/mol. The van der Waals surface area contributed by atoms with E-state index in [4.69, 9.17) is 17.3 Å². The van der Waals surface area contributed by atoms with Gasteiger partial charge in [-0.2, -0.15) is 4.98 Å². The van der Waals surface area contributed by atoms with Crippen LogP contribution in [0.4, 0.5) is 11.8 Å². The molecule has 0 amide bonds. The van der Waals surface area contributed by atoms with Gasteiger partial charge in [-0.15, -0.1) is 0 Å². The lowest BCUT2D eigenvalue weighted by Crippen LogP contribution is -2.21. The molecule has 0 saturated heterocycles. The fraction of sp³-hybridized carbons (Fsp3) is 0.667. The molecular weight excluding hydrogens is 236 g/mol. The highest BCUT2D eigenvalue weighted by atomic mass is 35.5. The summed E-state index contributed by atoms with van der Waals surface area (Å²) in [5.41, 5.74) is 5.54. The highest BCUT2D eigenvalue weighted by Crippen LogP contribution is 2.29. The predicted octanol–water partition coefficient (Wildman–Crippen LogP) is 2.95. The minimum atomic E-state index is 0.258. The van der Waals surface area contributed by atoms with Crippen LogP contribution in [0.15, 0.2) is 6.20 Å². The Morgan fingerprint density at radius 2 is 2.35 bits per heavy atom. The summed E-state index contributed by atoms with van der Waals surface area (Å²) in [4.78, 5) is 7.94. The predicted molar refractivity (Wildman–Crippen MR) is 71.1 cm³/mol. The molecule has 1 fully saturated rings. The van der Waals surface area contributed by atoms with Gasteiger partial charge >= 0.3 is 0 Å². The van der Waals surface area contributed by atoms with Crippen molar-refractivity contribution >= 4 is 23.4 Å². The van der Waals surface area contributed by atoms with Gasteiger partial charge in [0.1, 0.15) is 10.8 Å². The summed E-state index contributed by atoms with van der Waals surface area (Å²) in [5.74, 6) is 2.46. The van der Waals surface area contributed by atoms with Crippen molar-refractivity contribution in [3.8, 4) is 0 Å². The first-order valence-corrected chi connectivity index (χ1v) is 6.55. The molecule has 1 aromatic heterocycles. The second kappa shape index (κ2) is 5.54. The summed E-state index contributed by atoms with van der Waals surface area (Å²) in [6.45, 7) is 3.24. The smallest absolute Gasteiger partial charge is 0.222 e. The number of nitrogens with one attached hydrogen (secondary N) is 1. The van der Waals surface area contributed by atoms with E-state index in [-0.39, 0.29) is 5.95 Å². The zero-order valence-corrected chi connectivity index (χ0v) is 10.9. The van der Waals surface area contributed by atoms with E-state index in [1.807, 2.05) is 0 Å². The Morgan fingerprint density at radius 3 is 3.12 bits per heavy atom. The molecule has 1 saturated carbocycles. The Kier molecular flexibility index (Phi) is 4.05. The third kappa shape index (κ3) is 3.46. The molecule has 1 aliphatic rings. The van der Waals surface area contributed by atoms with Crippen molar-refractivity contribution in [1.82, 2.24) is 9.97 Å². The molecule has 1 aliphatic carbocycles. The first kappa shape index (κ1) is 12.4. The first-order valence-electron chi connectivity index (χ1n) is 6.17. The molecule has 2 unspecified atom stereocenters. The third-order valence-corrected chi connectivity index (χ3v) is 3.64. The first-order chi connectivity index (χ1) is 8.15. The zero-order valence-electron chi connectivity index (χ0n) is 10.1. The largest absolute Gasteiger partial charge is 0.368 e. The van der Waals surface area contributed by atoms with Crippen LogP contribution in [-0.2, 0) is 0 Å².